The summed E-state index contributed by atoms with van der Waals surface area (Å²) in [6.07, 6.45) is 1.38. The van der Waals surface area contributed by atoms with Crippen LogP contribution < -0.4 is 4.90 Å². The summed E-state index contributed by atoms with van der Waals surface area (Å²) in [4.78, 5) is 16.9. The van der Waals surface area contributed by atoms with Gasteiger partial charge in [-0.05, 0) is 55.2 Å². The van der Waals surface area contributed by atoms with Crippen molar-refractivity contribution in [3.63, 3.8) is 0 Å². The summed E-state index contributed by atoms with van der Waals surface area (Å²) in [5.74, 6) is 0.264. The van der Waals surface area contributed by atoms with E-state index in [1.807, 2.05) is 17.0 Å². The summed E-state index contributed by atoms with van der Waals surface area (Å²) >= 11 is 3.48. The zero-order chi connectivity index (χ0) is 17.8. The van der Waals surface area contributed by atoms with Crippen LogP contribution in [0.5, 0.6) is 0 Å². The van der Waals surface area contributed by atoms with Crippen LogP contribution in [0.3, 0.4) is 0 Å². The number of rotatable bonds is 4. The fourth-order valence-corrected chi connectivity index (χ4v) is 3.82. The lowest BCUT2D eigenvalue weighted by atomic mass is 10.1. The Balaban J connectivity index is 1.53. The van der Waals surface area contributed by atoms with Crippen LogP contribution in [-0.4, -0.2) is 37.0 Å². The fraction of sp³-hybridized carbons (Fsp3) is 0.381. The molecule has 0 atom stereocenters. The highest BCUT2D eigenvalue weighted by atomic mass is 79.9. The quantitative estimate of drug-likeness (QED) is 0.761. The Morgan fingerprint density at radius 1 is 1.04 bits per heavy atom. The highest BCUT2D eigenvalue weighted by Gasteiger charge is 2.22. The molecule has 1 fully saturated rings. The largest absolute Gasteiger partial charge is 0.368 e. The van der Waals surface area contributed by atoms with Crippen molar-refractivity contribution in [2.45, 2.75) is 26.7 Å². The molecule has 0 aliphatic carbocycles. The first-order chi connectivity index (χ1) is 12.0. The van der Waals surface area contributed by atoms with E-state index in [0.717, 1.165) is 37.1 Å². The molecule has 0 N–H and O–H groups in total. The molecule has 0 aromatic heterocycles. The molecule has 3 nitrogen and oxygen atoms in total. The third-order valence-electron chi connectivity index (χ3n) is 5.07. The summed E-state index contributed by atoms with van der Waals surface area (Å²) in [7, 11) is 0. The van der Waals surface area contributed by atoms with E-state index in [0.29, 0.717) is 6.42 Å². The van der Waals surface area contributed by atoms with Gasteiger partial charge in [-0.15, -0.1) is 0 Å². The molecule has 2 aromatic rings. The van der Waals surface area contributed by atoms with E-state index in [4.69, 9.17) is 0 Å². The van der Waals surface area contributed by atoms with Gasteiger partial charge in [-0.2, -0.15) is 0 Å². The van der Waals surface area contributed by atoms with Crippen molar-refractivity contribution in [3.8, 4) is 0 Å². The van der Waals surface area contributed by atoms with Crippen LogP contribution in [0.15, 0.2) is 46.9 Å². The third-order valence-corrected chi connectivity index (χ3v) is 5.56. The lowest BCUT2D eigenvalue weighted by Crippen LogP contribution is -2.49. The second-order valence-electron chi connectivity index (χ2n) is 6.72. The molecule has 132 valence electrons. The Kier molecular flexibility index (Phi) is 5.79. The minimum Gasteiger partial charge on any atom is -0.368 e. The first kappa shape index (κ1) is 18.0. The first-order valence-electron chi connectivity index (χ1n) is 8.88. The van der Waals surface area contributed by atoms with E-state index in [9.17, 15) is 4.79 Å². The first-order valence-corrected chi connectivity index (χ1v) is 9.67. The van der Waals surface area contributed by atoms with Gasteiger partial charge in [0.25, 0.3) is 0 Å². The van der Waals surface area contributed by atoms with Crippen LogP contribution in [0.25, 0.3) is 0 Å². The number of hydrogen-bond acceptors (Lipinski definition) is 2. The number of piperazine rings is 1. The Labute approximate surface area is 158 Å². The molecule has 1 aliphatic heterocycles. The highest BCUT2D eigenvalue weighted by Crippen LogP contribution is 2.24. The van der Waals surface area contributed by atoms with E-state index in [2.05, 4.69) is 65.0 Å². The van der Waals surface area contributed by atoms with Gasteiger partial charge >= 0.3 is 0 Å². The Bertz CT molecular complexity index is 751. The van der Waals surface area contributed by atoms with Gasteiger partial charge in [0.15, 0.2) is 0 Å². The SMILES string of the molecule is Cc1cccc(N2CCN(C(=O)CCc3cccc(Br)c3)CC2)c1C. The lowest BCUT2D eigenvalue weighted by molar-refractivity contribution is -0.131. The van der Waals surface area contributed by atoms with Gasteiger partial charge in [0.2, 0.25) is 5.91 Å². The minimum atomic E-state index is 0.264. The average Bonchev–Trinajstić information content (AvgIpc) is 2.62. The van der Waals surface area contributed by atoms with Crippen LogP contribution in [0.2, 0.25) is 0 Å². The second-order valence-corrected chi connectivity index (χ2v) is 7.63. The third kappa shape index (κ3) is 4.43. The van der Waals surface area contributed by atoms with Crippen molar-refractivity contribution in [2.75, 3.05) is 31.1 Å². The zero-order valence-corrected chi connectivity index (χ0v) is 16.6. The van der Waals surface area contributed by atoms with E-state index < -0.39 is 0 Å². The van der Waals surface area contributed by atoms with Crippen LogP contribution in [0.1, 0.15) is 23.1 Å². The Morgan fingerprint density at radius 3 is 2.48 bits per heavy atom. The van der Waals surface area contributed by atoms with Gasteiger partial charge in [-0.3, -0.25) is 4.79 Å². The van der Waals surface area contributed by atoms with Crippen molar-refractivity contribution in [1.29, 1.82) is 0 Å². The predicted octanol–water partition coefficient (Wildman–Crippen LogP) is 4.35. The fourth-order valence-electron chi connectivity index (χ4n) is 3.38. The lowest BCUT2D eigenvalue weighted by Gasteiger charge is -2.37. The van der Waals surface area contributed by atoms with Crippen molar-refractivity contribution in [1.82, 2.24) is 4.90 Å². The number of amides is 1. The molecule has 1 amide bonds. The number of hydrogen-bond donors (Lipinski definition) is 0. The van der Waals surface area contributed by atoms with Crippen LogP contribution in [-0.2, 0) is 11.2 Å². The van der Waals surface area contributed by atoms with Crippen LogP contribution in [0, 0.1) is 13.8 Å². The molecule has 4 heteroatoms. The summed E-state index contributed by atoms with van der Waals surface area (Å²) in [5.41, 5.74) is 5.18. The van der Waals surface area contributed by atoms with Gasteiger partial charge in [0, 0.05) is 42.8 Å². The minimum absolute atomic E-state index is 0.264. The molecule has 0 bridgehead atoms. The van der Waals surface area contributed by atoms with Crippen molar-refractivity contribution < 1.29 is 4.79 Å². The van der Waals surface area contributed by atoms with Gasteiger partial charge < -0.3 is 9.80 Å². The molecular formula is C21H25BrN2O. The molecule has 0 spiro atoms. The molecular weight excluding hydrogens is 376 g/mol. The van der Waals surface area contributed by atoms with Crippen LogP contribution >= 0.6 is 15.9 Å². The highest BCUT2D eigenvalue weighted by molar-refractivity contribution is 9.10. The molecule has 1 heterocycles. The number of halogens is 1. The maximum absolute atomic E-state index is 12.5. The predicted molar refractivity (Wildman–Crippen MR) is 107 cm³/mol. The van der Waals surface area contributed by atoms with Crippen LogP contribution in [0.4, 0.5) is 5.69 Å². The normalized spacial score (nSPS) is 14.7. The van der Waals surface area contributed by atoms with Crippen molar-refractivity contribution in [3.05, 3.63) is 63.6 Å². The van der Waals surface area contributed by atoms with Crippen molar-refractivity contribution >= 4 is 27.5 Å². The maximum atomic E-state index is 12.5. The van der Waals surface area contributed by atoms with E-state index in [-0.39, 0.29) is 5.91 Å². The number of nitrogens with zero attached hydrogens (tertiary/aromatic N) is 2. The Hall–Kier alpha value is -1.81. The van der Waals surface area contributed by atoms with Gasteiger partial charge in [0.1, 0.15) is 0 Å². The monoisotopic (exact) mass is 400 g/mol. The number of carbonyl (C=O) groups excluding carboxylic acids is 1. The van der Waals surface area contributed by atoms with Gasteiger partial charge in [0.05, 0.1) is 0 Å². The second kappa shape index (κ2) is 8.05. The molecule has 0 radical (unpaired) electrons. The molecule has 25 heavy (non-hydrogen) atoms. The maximum Gasteiger partial charge on any atom is 0.223 e. The molecule has 1 saturated heterocycles. The number of aryl methyl sites for hydroxylation is 2. The van der Waals surface area contributed by atoms with E-state index in [1.165, 1.54) is 22.4 Å². The topological polar surface area (TPSA) is 23.6 Å². The van der Waals surface area contributed by atoms with Gasteiger partial charge in [-0.1, -0.05) is 40.2 Å². The number of anilines is 1. The zero-order valence-electron chi connectivity index (χ0n) is 15.0. The summed E-state index contributed by atoms with van der Waals surface area (Å²) in [5, 5.41) is 0. The van der Waals surface area contributed by atoms with E-state index >= 15 is 0 Å². The molecule has 3 rings (SSSR count). The number of carbonyl (C=O) groups is 1. The molecule has 1 aliphatic rings. The Morgan fingerprint density at radius 2 is 1.76 bits per heavy atom. The average molecular weight is 401 g/mol. The molecule has 2 aromatic carbocycles. The standard InChI is InChI=1S/C21H25BrN2O/c1-16-5-3-8-20(17(16)2)23-11-13-24(14-12-23)21(25)10-9-18-6-4-7-19(22)15-18/h3-8,15H,9-14H2,1-2H3. The smallest absolute Gasteiger partial charge is 0.223 e. The van der Waals surface area contributed by atoms with Gasteiger partial charge in [-0.25, -0.2) is 0 Å². The summed E-state index contributed by atoms with van der Waals surface area (Å²) < 4.78 is 1.07. The van der Waals surface area contributed by atoms with Crippen molar-refractivity contribution in [2.24, 2.45) is 0 Å². The summed E-state index contributed by atoms with van der Waals surface area (Å²) in [6, 6.07) is 14.7. The number of benzene rings is 2. The molecule has 0 unspecified atom stereocenters. The molecule has 0 saturated carbocycles. The summed E-state index contributed by atoms with van der Waals surface area (Å²) in [6.45, 7) is 7.77. The van der Waals surface area contributed by atoms with E-state index in [1.54, 1.807) is 0 Å².